The van der Waals surface area contributed by atoms with Crippen molar-refractivity contribution >= 4 is 11.6 Å². The number of hydrogen-bond acceptors (Lipinski definition) is 6. The fourth-order valence-corrected chi connectivity index (χ4v) is 4.50. The molecule has 152 valence electrons. The van der Waals surface area contributed by atoms with E-state index in [-0.39, 0.29) is 11.9 Å². The number of hydrogen-bond donors (Lipinski definition) is 2. The van der Waals surface area contributed by atoms with Gasteiger partial charge >= 0.3 is 0 Å². The largest absolute Gasteiger partial charge is 0.456 e. The number of morpholine rings is 1. The summed E-state index contributed by atoms with van der Waals surface area (Å²) in [7, 11) is 0. The van der Waals surface area contributed by atoms with E-state index in [1.54, 1.807) is 6.20 Å². The zero-order chi connectivity index (χ0) is 19.6. The number of ether oxygens (including phenoxy) is 2. The summed E-state index contributed by atoms with van der Waals surface area (Å²) in [5.41, 5.74) is 1.68. The number of carbonyl (C=O) groups is 1. The standard InChI is InChI=1S/C22H26N4O3/c27-22(25-21-11-16-3-6-20(21)24-16)15-1-4-18(5-2-15)29-19-12-17(13-23-14-19)26-7-9-28-10-8-26/h1-2,4-5,12-14,16,20-21,24H,3,6-11H2,(H,25,27). The molecule has 4 heterocycles. The van der Waals surface area contributed by atoms with Crippen LogP contribution in [0.3, 0.4) is 0 Å². The SMILES string of the molecule is O=C(NC1CC2CCC1N2)c1ccc(Oc2cncc(N3CCOCC3)c2)cc1. The Balaban J connectivity index is 1.21. The van der Waals surface area contributed by atoms with Crippen LogP contribution in [0, 0.1) is 0 Å². The molecule has 0 radical (unpaired) electrons. The number of anilines is 1. The third-order valence-electron chi connectivity index (χ3n) is 6.04. The molecule has 1 aromatic carbocycles. The summed E-state index contributed by atoms with van der Waals surface area (Å²) in [4.78, 5) is 19.1. The van der Waals surface area contributed by atoms with Crippen LogP contribution in [0.15, 0.2) is 42.7 Å². The van der Waals surface area contributed by atoms with Crippen LogP contribution in [0.5, 0.6) is 11.5 Å². The second kappa shape index (κ2) is 8.00. The van der Waals surface area contributed by atoms with Gasteiger partial charge in [-0.15, -0.1) is 0 Å². The molecule has 1 aromatic heterocycles. The van der Waals surface area contributed by atoms with Crippen LogP contribution in [-0.4, -0.2) is 55.3 Å². The van der Waals surface area contributed by atoms with Gasteiger partial charge in [-0.2, -0.15) is 0 Å². The molecule has 2 N–H and O–H groups in total. The Hall–Kier alpha value is -2.64. The van der Waals surface area contributed by atoms with Gasteiger partial charge in [-0.1, -0.05) is 0 Å². The van der Waals surface area contributed by atoms with Crippen LogP contribution in [-0.2, 0) is 4.74 Å². The predicted octanol–water partition coefficient (Wildman–Crippen LogP) is 2.33. The highest BCUT2D eigenvalue weighted by Gasteiger charge is 2.39. The van der Waals surface area contributed by atoms with Crippen molar-refractivity contribution in [2.45, 2.75) is 37.4 Å². The normalized spacial score (nSPS) is 25.8. The van der Waals surface area contributed by atoms with E-state index in [0.29, 0.717) is 29.1 Å². The molecule has 3 saturated heterocycles. The van der Waals surface area contributed by atoms with Crippen molar-refractivity contribution in [2.24, 2.45) is 0 Å². The van der Waals surface area contributed by atoms with Gasteiger partial charge in [0.05, 0.1) is 31.3 Å². The van der Waals surface area contributed by atoms with Gasteiger partial charge in [0.1, 0.15) is 11.5 Å². The Kier molecular flexibility index (Phi) is 5.08. The minimum atomic E-state index is -0.0214. The molecular weight excluding hydrogens is 368 g/mol. The molecule has 0 saturated carbocycles. The molecule has 7 heteroatoms. The lowest BCUT2D eigenvalue weighted by atomic mass is 9.95. The highest BCUT2D eigenvalue weighted by Crippen LogP contribution is 2.29. The lowest BCUT2D eigenvalue weighted by molar-refractivity contribution is 0.0931. The number of nitrogens with one attached hydrogen (secondary N) is 2. The average molecular weight is 394 g/mol. The summed E-state index contributed by atoms with van der Waals surface area (Å²) >= 11 is 0. The van der Waals surface area contributed by atoms with Gasteiger partial charge < -0.3 is 25.0 Å². The van der Waals surface area contributed by atoms with Crippen molar-refractivity contribution in [3.8, 4) is 11.5 Å². The van der Waals surface area contributed by atoms with Gasteiger partial charge in [-0.3, -0.25) is 9.78 Å². The molecule has 2 bridgehead atoms. The van der Waals surface area contributed by atoms with Crippen LogP contribution in [0.4, 0.5) is 5.69 Å². The second-order valence-corrected chi connectivity index (χ2v) is 7.97. The molecule has 0 spiro atoms. The summed E-state index contributed by atoms with van der Waals surface area (Å²) in [5, 5.41) is 6.72. The van der Waals surface area contributed by atoms with Crippen LogP contribution >= 0.6 is 0 Å². The topological polar surface area (TPSA) is 75.7 Å². The molecule has 7 nitrogen and oxygen atoms in total. The van der Waals surface area contributed by atoms with Crippen molar-refractivity contribution in [1.82, 2.24) is 15.6 Å². The van der Waals surface area contributed by atoms with E-state index in [4.69, 9.17) is 9.47 Å². The summed E-state index contributed by atoms with van der Waals surface area (Å²) in [6.45, 7) is 3.17. The molecule has 3 fully saturated rings. The third-order valence-corrected chi connectivity index (χ3v) is 6.04. The Morgan fingerprint density at radius 2 is 1.97 bits per heavy atom. The summed E-state index contributed by atoms with van der Waals surface area (Å²) in [6.07, 6.45) is 6.96. The van der Waals surface area contributed by atoms with E-state index in [1.165, 1.54) is 6.42 Å². The van der Waals surface area contributed by atoms with E-state index in [2.05, 4.69) is 20.5 Å². The molecule has 1 amide bonds. The maximum Gasteiger partial charge on any atom is 0.251 e. The van der Waals surface area contributed by atoms with Crippen LogP contribution < -0.4 is 20.3 Å². The Bertz CT molecular complexity index is 867. The van der Waals surface area contributed by atoms with E-state index < -0.39 is 0 Å². The fraction of sp³-hybridized carbons (Fsp3) is 0.455. The quantitative estimate of drug-likeness (QED) is 0.811. The van der Waals surface area contributed by atoms with Crippen molar-refractivity contribution in [3.63, 3.8) is 0 Å². The van der Waals surface area contributed by atoms with E-state index in [9.17, 15) is 4.79 Å². The number of nitrogens with zero attached hydrogens (tertiary/aromatic N) is 2. The Morgan fingerprint density at radius 1 is 1.14 bits per heavy atom. The molecule has 3 aliphatic rings. The van der Waals surface area contributed by atoms with Crippen LogP contribution in [0.1, 0.15) is 29.6 Å². The number of amides is 1. The second-order valence-electron chi connectivity index (χ2n) is 7.97. The molecule has 3 atom stereocenters. The van der Waals surface area contributed by atoms with Crippen molar-refractivity contribution in [2.75, 3.05) is 31.2 Å². The van der Waals surface area contributed by atoms with Crippen LogP contribution in [0.25, 0.3) is 0 Å². The highest BCUT2D eigenvalue weighted by molar-refractivity contribution is 5.94. The summed E-state index contributed by atoms with van der Waals surface area (Å²) < 4.78 is 11.4. The van der Waals surface area contributed by atoms with Gasteiger partial charge in [0, 0.05) is 42.8 Å². The molecule has 3 aliphatic heterocycles. The van der Waals surface area contributed by atoms with Gasteiger partial charge in [0.15, 0.2) is 0 Å². The lowest BCUT2D eigenvalue weighted by Crippen LogP contribution is -2.42. The number of benzene rings is 1. The number of aromatic nitrogens is 1. The molecular formula is C22H26N4O3. The zero-order valence-corrected chi connectivity index (χ0v) is 16.3. The first-order valence-electron chi connectivity index (χ1n) is 10.4. The van der Waals surface area contributed by atoms with Crippen molar-refractivity contribution in [3.05, 3.63) is 48.3 Å². The van der Waals surface area contributed by atoms with Gasteiger partial charge in [0.25, 0.3) is 5.91 Å². The number of carbonyl (C=O) groups excluding carboxylic acids is 1. The molecule has 3 unspecified atom stereocenters. The van der Waals surface area contributed by atoms with Gasteiger partial charge in [-0.25, -0.2) is 0 Å². The van der Waals surface area contributed by atoms with E-state index >= 15 is 0 Å². The third kappa shape index (κ3) is 4.06. The lowest BCUT2D eigenvalue weighted by Gasteiger charge is -2.28. The maximum atomic E-state index is 12.6. The Labute approximate surface area is 170 Å². The van der Waals surface area contributed by atoms with Crippen molar-refractivity contribution in [1.29, 1.82) is 0 Å². The summed E-state index contributed by atoms with van der Waals surface area (Å²) in [6, 6.07) is 10.5. The number of rotatable bonds is 5. The van der Waals surface area contributed by atoms with Crippen molar-refractivity contribution < 1.29 is 14.3 Å². The van der Waals surface area contributed by atoms with E-state index in [0.717, 1.165) is 44.8 Å². The molecule has 5 rings (SSSR count). The predicted molar refractivity (Wildman–Crippen MR) is 110 cm³/mol. The maximum absolute atomic E-state index is 12.6. The van der Waals surface area contributed by atoms with Gasteiger partial charge in [0.2, 0.25) is 0 Å². The zero-order valence-electron chi connectivity index (χ0n) is 16.3. The van der Waals surface area contributed by atoms with Gasteiger partial charge in [-0.05, 0) is 43.5 Å². The molecule has 0 aliphatic carbocycles. The highest BCUT2D eigenvalue weighted by atomic mass is 16.5. The minimum absolute atomic E-state index is 0.0214. The smallest absolute Gasteiger partial charge is 0.251 e. The first-order chi connectivity index (χ1) is 14.2. The first-order valence-corrected chi connectivity index (χ1v) is 10.4. The van der Waals surface area contributed by atoms with E-state index in [1.807, 2.05) is 36.5 Å². The molecule has 2 aromatic rings. The van der Waals surface area contributed by atoms with Crippen LogP contribution in [0.2, 0.25) is 0 Å². The monoisotopic (exact) mass is 394 g/mol. The first kappa shape index (κ1) is 18.4. The average Bonchev–Trinajstić information content (AvgIpc) is 3.38. The minimum Gasteiger partial charge on any atom is -0.456 e. The number of pyridine rings is 1. The fourth-order valence-electron chi connectivity index (χ4n) is 4.50. The summed E-state index contributed by atoms with van der Waals surface area (Å²) in [5.74, 6) is 1.34. The number of fused-ring (bicyclic) bond motifs is 2. The Morgan fingerprint density at radius 3 is 2.69 bits per heavy atom. The molecule has 29 heavy (non-hydrogen) atoms.